The molecule has 0 spiro atoms. The summed E-state index contributed by atoms with van der Waals surface area (Å²) in [6.45, 7) is 0. The first-order valence-electron chi connectivity index (χ1n) is 7.08. The second kappa shape index (κ2) is 6.27. The third-order valence-corrected chi connectivity index (χ3v) is 4.80. The maximum Gasteiger partial charge on any atom is -0.00999 e. The average Bonchev–Trinajstić information content (AvgIpc) is 2.55. The van der Waals surface area contributed by atoms with Crippen LogP contribution in [0.15, 0.2) is 84.9 Å². The second-order valence-corrected chi connectivity index (χ2v) is 6.43. The first-order chi connectivity index (χ1) is 10.4. The lowest BCUT2D eigenvalue weighted by Crippen LogP contribution is -2.02. The van der Waals surface area contributed by atoms with Crippen LogP contribution < -0.4 is 10.6 Å². The van der Waals surface area contributed by atoms with Gasteiger partial charge in [-0.25, -0.2) is 0 Å². The third kappa shape index (κ3) is 2.87. The Balaban J connectivity index is 0.00000144. The monoisotopic (exact) mass is 303 g/mol. The summed E-state index contributed by atoms with van der Waals surface area (Å²) in [7, 11) is 1.26. The standard InChI is InChI=1S/C20H14P.H2O/c1-3-7-17-13-19(11-9-15(17)5-1)21-20-12-10-16-6-2-4-8-18(16)14-20;/h1-14H;1H2. The molecule has 0 aromatic heterocycles. The van der Waals surface area contributed by atoms with Gasteiger partial charge in [0.15, 0.2) is 0 Å². The van der Waals surface area contributed by atoms with Crippen LogP contribution in [0.3, 0.4) is 0 Å². The highest BCUT2D eigenvalue weighted by Crippen LogP contribution is 2.19. The summed E-state index contributed by atoms with van der Waals surface area (Å²) >= 11 is 0. The lowest BCUT2D eigenvalue weighted by atomic mass is 10.1. The maximum atomic E-state index is 2.28. The maximum absolute atomic E-state index is 2.28. The topological polar surface area (TPSA) is 31.5 Å². The number of hydrogen-bond donors (Lipinski definition) is 0. The minimum atomic E-state index is 0. The van der Waals surface area contributed by atoms with Crippen LogP contribution in [0.4, 0.5) is 0 Å². The van der Waals surface area contributed by atoms with Crippen molar-refractivity contribution in [3.8, 4) is 0 Å². The van der Waals surface area contributed by atoms with Crippen molar-refractivity contribution >= 4 is 40.7 Å². The highest BCUT2D eigenvalue weighted by Gasteiger charge is 2.01. The molecule has 0 amide bonds. The molecule has 0 atom stereocenters. The molecule has 22 heavy (non-hydrogen) atoms. The van der Waals surface area contributed by atoms with Crippen LogP contribution in [-0.4, -0.2) is 5.48 Å². The van der Waals surface area contributed by atoms with Crippen molar-refractivity contribution in [2.24, 2.45) is 0 Å². The Kier molecular flexibility index (Phi) is 4.20. The Morgan fingerprint density at radius 3 is 1.32 bits per heavy atom. The second-order valence-electron chi connectivity index (χ2n) is 5.17. The van der Waals surface area contributed by atoms with E-state index in [2.05, 4.69) is 84.9 Å². The van der Waals surface area contributed by atoms with Crippen LogP contribution in [0.1, 0.15) is 0 Å². The van der Waals surface area contributed by atoms with Crippen molar-refractivity contribution in [3.63, 3.8) is 0 Å². The summed E-state index contributed by atoms with van der Waals surface area (Å²) in [6, 6.07) is 30.5. The molecule has 2 heteroatoms. The van der Waals surface area contributed by atoms with E-state index in [1.54, 1.807) is 0 Å². The molecule has 4 aromatic carbocycles. The van der Waals surface area contributed by atoms with E-state index in [4.69, 9.17) is 0 Å². The molecule has 0 unspecified atom stereocenters. The van der Waals surface area contributed by atoms with Gasteiger partial charge in [-0.15, -0.1) is 0 Å². The molecular weight excluding hydrogens is 287 g/mol. The van der Waals surface area contributed by atoms with Crippen molar-refractivity contribution in [3.05, 3.63) is 84.9 Å². The lowest BCUT2D eigenvalue weighted by molar-refractivity contribution is 0.824. The van der Waals surface area contributed by atoms with Crippen molar-refractivity contribution in [2.75, 3.05) is 0 Å². The van der Waals surface area contributed by atoms with Gasteiger partial charge in [0.2, 0.25) is 0 Å². The Morgan fingerprint density at radius 1 is 0.455 bits per heavy atom. The molecule has 1 nitrogen and oxygen atoms in total. The molecule has 0 aliphatic rings. The van der Waals surface area contributed by atoms with Crippen LogP contribution >= 0.6 is 8.58 Å². The van der Waals surface area contributed by atoms with Crippen LogP contribution in [0.2, 0.25) is 0 Å². The first kappa shape index (κ1) is 14.7. The van der Waals surface area contributed by atoms with E-state index in [0.717, 1.165) is 0 Å². The van der Waals surface area contributed by atoms with Crippen molar-refractivity contribution < 1.29 is 5.48 Å². The molecule has 0 aliphatic heterocycles. The van der Waals surface area contributed by atoms with E-state index in [1.165, 1.54) is 40.7 Å². The van der Waals surface area contributed by atoms with Gasteiger partial charge in [0.05, 0.1) is 0 Å². The van der Waals surface area contributed by atoms with Gasteiger partial charge in [-0.05, 0) is 52.9 Å². The smallest absolute Gasteiger partial charge is 0.00999 e. The van der Waals surface area contributed by atoms with Gasteiger partial charge in [-0.3, -0.25) is 0 Å². The van der Waals surface area contributed by atoms with Crippen molar-refractivity contribution in [1.82, 2.24) is 0 Å². The first-order valence-corrected chi connectivity index (χ1v) is 7.97. The summed E-state index contributed by atoms with van der Waals surface area (Å²) in [4.78, 5) is 0. The fourth-order valence-corrected chi connectivity index (χ4v) is 3.65. The molecule has 0 saturated heterocycles. The quantitative estimate of drug-likeness (QED) is 0.500. The van der Waals surface area contributed by atoms with Crippen molar-refractivity contribution in [1.29, 1.82) is 0 Å². The summed E-state index contributed by atoms with van der Waals surface area (Å²) in [5.41, 5.74) is 0. The van der Waals surface area contributed by atoms with E-state index in [9.17, 15) is 0 Å². The summed E-state index contributed by atoms with van der Waals surface area (Å²) in [5.74, 6) is 0. The van der Waals surface area contributed by atoms with Gasteiger partial charge in [0, 0.05) is 0 Å². The minimum Gasteiger partial charge on any atom is -0.412 e. The van der Waals surface area contributed by atoms with Crippen LogP contribution in [-0.2, 0) is 0 Å². The van der Waals surface area contributed by atoms with Crippen LogP contribution in [0, 0.1) is 0 Å². The van der Waals surface area contributed by atoms with Gasteiger partial charge in [0.1, 0.15) is 0 Å². The number of fused-ring (bicyclic) bond motifs is 2. The summed E-state index contributed by atoms with van der Waals surface area (Å²) in [5, 5.41) is 7.89. The van der Waals surface area contributed by atoms with E-state index >= 15 is 0 Å². The molecule has 2 N–H and O–H groups in total. The summed E-state index contributed by atoms with van der Waals surface area (Å²) < 4.78 is 0. The van der Waals surface area contributed by atoms with Crippen LogP contribution in [0.5, 0.6) is 0 Å². The molecule has 0 bridgehead atoms. The van der Waals surface area contributed by atoms with Crippen molar-refractivity contribution in [2.45, 2.75) is 0 Å². The lowest BCUT2D eigenvalue weighted by Gasteiger charge is -2.05. The highest BCUT2D eigenvalue weighted by atomic mass is 31.1. The zero-order valence-electron chi connectivity index (χ0n) is 12.0. The SMILES string of the molecule is O.c1ccc2cc([P]c3ccc4ccccc4c3)ccc2c1. The molecule has 107 valence electrons. The molecule has 0 aliphatic carbocycles. The Hall–Kier alpha value is -2.21. The predicted octanol–water partition coefficient (Wildman–Crippen LogP) is 4.07. The van der Waals surface area contributed by atoms with E-state index in [1.807, 2.05) is 0 Å². The number of rotatable bonds is 2. The molecule has 0 heterocycles. The van der Waals surface area contributed by atoms with E-state index in [0.29, 0.717) is 0 Å². The molecule has 1 radical (unpaired) electrons. The van der Waals surface area contributed by atoms with E-state index < -0.39 is 0 Å². The van der Waals surface area contributed by atoms with Gasteiger partial charge in [0.25, 0.3) is 0 Å². The zero-order valence-corrected chi connectivity index (χ0v) is 12.9. The molecule has 0 fully saturated rings. The average molecular weight is 303 g/mol. The normalized spacial score (nSPS) is 10.5. The molecule has 4 rings (SSSR count). The highest BCUT2D eigenvalue weighted by molar-refractivity contribution is 7.55. The minimum absolute atomic E-state index is 0. The molecular formula is C20H16OP. The zero-order chi connectivity index (χ0) is 14.1. The fourth-order valence-electron chi connectivity index (χ4n) is 2.64. The van der Waals surface area contributed by atoms with Gasteiger partial charge in [-0.2, -0.15) is 0 Å². The largest absolute Gasteiger partial charge is 0.412 e. The number of benzene rings is 4. The Bertz CT molecular complexity index is 853. The van der Waals surface area contributed by atoms with Gasteiger partial charge >= 0.3 is 0 Å². The summed E-state index contributed by atoms with van der Waals surface area (Å²) in [6.07, 6.45) is 0. The predicted molar refractivity (Wildman–Crippen MR) is 97.7 cm³/mol. The molecule has 0 saturated carbocycles. The Morgan fingerprint density at radius 2 is 0.864 bits per heavy atom. The van der Waals surface area contributed by atoms with Gasteiger partial charge < -0.3 is 5.48 Å². The third-order valence-electron chi connectivity index (χ3n) is 3.72. The fraction of sp³-hybridized carbons (Fsp3) is 0. The van der Waals surface area contributed by atoms with Crippen LogP contribution in [0.25, 0.3) is 21.5 Å². The Labute approximate surface area is 131 Å². The van der Waals surface area contributed by atoms with Gasteiger partial charge in [-0.1, -0.05) is 72.8 Å². The number of hydrogen-bond acceptors (Lipinski definition) is 0. The molecule has 4 aromatic rings. The van der Waals surface area contributed by atoms with E-state index in [-0.39, 0.29) is 5.48 Å².